The second-order valence-electron chi connectivity index (χ2n) is 2.05. The first-order valence-corrected chi connectivity index (χ1v) is 3.22. The predicted molar refractivity (Wildman–Crippen MR) is 41.4 cm³/mol. The van der Waals surface area contributed by atoms with Crippen molar-refractivity contribution in [2.75, 3.05) is 6.54 Å². The van der Waals surface area contributed by atoms with Crippen LogP contribution in [0.3, 0.4) is 0 Å². The lowest BCUT2D eigenvalue weighted by Gasteiger charge is -1.87. The van der Waals surface area contributed by atoms with Crippen molar-refractivity contribution in [3.63, 3.8) is 0 Å². The molecule has 0 radical (unpaired) electrons. The molecule has 54 valence electrons. The molecular formula is C7H11N3. The summed E-state index contributed by atoms with van der Waals surface area (Å²) in [6, 6.07) is 0. The van der Waals surface area contributed by atoms with E-state index in [1.165, 1.54) is 0 Å². The minimum Gasteiger partial charge on any atom is -0.330 e. The quantitative estimate of drug-likeness (QED) is 0.658. The summed E-state index contributed by atoms with van der Waals surface area (Å²) in [7, 11) is 0. The van der Waals surface area contributed by atoms with Gasteiger partial charge in [0.15, 0.2) is 0 Å². The lowest BCUT2D eigenvalue weighted by atomic mass is 10.3. The molecular weight excluding hydrogens is 126 g/mol. The summed E-state index contributed by atoms with van der Waals surface area (Å²) < 4.78 is 1.67. The van der Waals surface area contributed by atoms with Crippen LogP contribution < -0.4 is 5.73 Å². The molecule has 10 heavy (non-hydrogen) atoms. The summed E-state index contributed by atoms with van der Waals surface area (Å²) in [6.07, 6.45) is 6.25. The third-order valence-electron chi connectivity index (χ3n) is 1.28. The second-order valence-corrected chi connectivity index (χ2v) is 2.05. The SMILES string of the molecule is C=Cn1cc(CCN)cn1. The van der Waals surface area contributed by atoms with Crippen molar-refractivity contribution >= 4 is 6.20 Å². The van der Waals surface area contributed by atoms with Crippen LogP contribution in [0.5, 0.6) is 0 Å². The van der Waals surface area contributed by atoms with E-state index in [1.54, 1.807) is 17.1 Å². The maximum Gasteiger partial charge on any atom is 0.0526 e. The summed E-state index contributed by atoms with van der Waals surface area (Å²) >= 11 is 0. The fraction of sp³-hybridized carbons (Fsp3) is 0.286. The highest BCUT2D eigenvalue weighted by atomic mass is 15.2. The Bertz CT molecular complexity index is 214. The molecule has 1 aromatic heterocycles. The predicted octanol–water partition coefficient (Wildman–Crippen LogP) is 0.485. The molecule has 1 aromatic rings. The highest BCUT2D eigenvalue weighted by Gasteiger charge is 1.92. The smallest absolute Gasteiger partial charge is 0.0526 e. The standard InChI is InChI=1S/C7H11N3/c1-2-10-6-7(3-4-8)5-9-10/h2,5-6H,1,3-4,8H2. The fourth-order valence-corrected chi connectivity index (χ4v) is 0.773. The van der Waals surface area contributed by atoms with E-state index in [-0.39, 0.29) is 0 Å². The van der Waals surface area contributed by atoms with Gasteiger partial charge in [-0.2, -0.15) is 5.10 Å². The van der Waals surface area contributed by atoms with Gasteiger partial charge >= 0.3 is 0 Å². The third-order valence-corrected chi connectivity index (χ3v) is 1.28. The van der Waals surface area contributed by atoms with Crippen LogP contribution in [0, 0.1) is 0 Å². The van der Waals surface area contributed by atoms with Gasteiger partial charge in [-0.3, -0.25) is 0 Å². The van der Waals surface area contributed by atoms with Crippen molar-refractivity contribution in [3.8, 4) is 0 Å². The Morgan fingerprint density at radius 2 is 2.60 bits per heavy atom. The Hall–Kier alpha value is -1.09. The van der Waals surface area contributed by atoms with Gasteiger partial charge < -0.3 is 5.73 Å². The molecule has 3 nitrogen and oxygen atoms in total. The van der Waals surface area contributed by atoms with Crippen LogP contribution in [-0.4, -0.2) is 16.3 Å². The van der Waals surface area contributed by atoms with E-state index in [4.69, 9.17) is 5.73 Å². The number of hydrogen-bond acceptors (Lipinski definition) is 2. The molecule has 1 rings (SSSR count). The highest BCUT2D eigenvalue weighted by molar-refractivity contribution is 5.17. The van der Waals surface area contributed by atoms with E-state index in [1.807, 2.05) is 6.20 Å². The Kier molecular flexibility index (Phi) is 2.23. The molecule has 0 fully saturated rings. The van der Waals surface area contributed by atoms with Gasteiger partial charge in [0.1, 0.15) is 0 Å². The normalized spacial score (nSPS) is 9.70. The molecule has 0 aliphatic rings. The van der Waals surface area contributed by atoms with Gasteiger partial charge in [-0.05, 0) is 18.5 Å². The van der Waals surface area contributed by atoms with Crippen LogP contribution in [0.25, 0.3) is 6.20 Å². The largest absolute Gasteiger partial charge is 0.330 e. The number of rotatable bonds is 3. The zero-order chi connectivity index (χ0) is 7.40. The molecule has 0 bridgehead atoms. The minimum absolute atomic E-state index is 0.669. The van der Waals surface area contributed by atoms with Crippen molar-refractivity contribution < 1.29 is 0 Å². The fourth-order valence-electron chi connectivity index (χ4n) is 0.773. The number of nitrogens with two attached hydrogens (primary N) is 1. The zero-order valence-electron chi connectivity index (χ0n) is 5.83. The molecule has 0 unspecified atom stereocenters. The monoisotopic (exact) mass is 137 g/mol. The summed E-state index contributed by atoms with van der Waals surface area (Å²) in [6.45, 7) is 4.24. The first kappa shape index (κ1) is 7.02. The summed E-state index contributed by atoms with van der Waals surface area (Å²) in [5, 5.41) is 4.00. The van der Waals surface area contributed by atoms with Crippen molar-refractivity contribution in [2.24, 2.45) is 5.73 Å². The van der Waals surface area contributed by atoms with Crippen LogP contribution in [0.2, 0.25) is 0 Å². The van der Waals surface area contributed by atoms with Crippen LogP contribution in [0.1, 0.15) is 5.56 Å². The molecule has 0 saturated heterocycles. The lowest BCUT2D eigenvalue weighted by Crippen LogP contribution is -2.01. The van der Waals surface area contributed by atoms with E-state index < -0.39 is 0 Å². The maximum atomic E-state index is 5.35. The Labute approximate surface area is 60.1 Å². The Morgan fingerprint density at radius 1 is 1.80 bits per heavy atom. The Balaban J connectivity index is 2.68. The summed E-state index contributed by atoms with van der Waals surface area (Å²) in [4.78, 5) is 0. The Morgan fingerprint density at radius 3 is 3.10 bits per heavy atom. The van der Waals surface area contributed by atoms with Gasteiger partial charge in [-0.25, -0.2) is 4.68 Å². The number of aromatic nitrogens is 2. The van der Waals surface area contributed by atoms with E-state index in [2.05, 4.69) is 11.7 Å². The molecule has 0 aliphatic carbocycles. The van der Waals surface area contributed by atoms with E-state index in [9.17, 15) is 0 Å². The summed E-state index contributed by atoms with van der Waals surface area (Å²) in [5.74, 6) is 0. The molecule has 0 amide bonds. The molecule has 0 spiro atoms. The molecule has 0 aromatic carbocycles. The van der Waals surface area contributed by atoms with Gasteiger partial charge in [0.25, 0.3) is 0 Å². The molecule has 0 saturated carbocycles. The molecule has 0 aliphatic heterocycles. The van der Waals surface area contributed by atoms with Gasteiger partial charge in [0, 0.05) is 12.4 Å². The third kappa shape index (κ3) is 1.45. The summed E-state index contributed by atoms with van der Waals surface area (Å²) in [5.41, 5.74) is 6.50. The molecule has 3 heteroatoms. The number of hydrogen-bond donors (Lipinski definition) is 1. The maximum absolute atomic E-state index is 5.35. The topological polar surface area (TPSA) is 43.8 Å². The van der Waals surface area contributed by atoms with Crippen LogP contribution in [-0.2, 0) is 6.42 Å². The molecule has 2 N–H and O–H groups in total. The van der Waals surface area contributed by atoms with Gasteiger partial charge in [-0.15, -0.1) is 0 Å². The van der Waals surface area contributed by atoms with Gasteiger partial charge in [0.05, 0.1) is 6.20 Å². The average Bonchev–Trinajstić information content (AvgIpc) is 2.37. The zero-order valence-corrected chi connectivity index (χ0v) is 5.83. The van der Waals surface area contributed by atoms with Crippen LogP contribution in [0.15, 0.2) is 19.0 Å². The van der Waals surface area contributed by atoms with Crippen molar-refractivity contribution in [1.82, 2.24) is 9.78 Å². The van der Waals surface area contributed by atoms with E-state index in [0.29, 0.717) is 6.54 Å². The van der Waals surface area contributed by atoms with Crippen molar-refractivity contribution in [2.45, 2.75) is 6.42 Å². The first-order chi connectivity index (χ1) is 4.86. The van der Waals surface area contributed by atoms with Crippen LogP contribution in [0.4, 0.5) is 0 Å². The average molecular weight is 137 g/mol. The van der Waals surface area contributed by atoms with E-state index in [0.717, 1.165) is 12.0 Å². The van der Waals surface area contributed by atoms with E-state index >= 15 is 0 Å². The van der Waals surface area contributed by atoms with Gasteiger partial charge in [0.2, 0.25) is 0 Å². The lowest BCUT2D eigenvalue weighted by molar-refractivity contribution is 0.934. The first-order valence-electron chi connectivity index (χ1n) is 3.22. The highest BCUT2D eigenvalue weighted by Crippen LogP contribution is 1.96. The minimum atomic E-state index is 0.669. The van der Waals surface area contributed by atoms with Crippen LogP contribution >= 0.6 is 0 Å². The van der Waals surface area contributed by atoms with Crippen molar-refractivity contribution in [1.29, 1.82) is 0 Å². The van der Waals surface area contributed by atoms with Crippen molar-refractivity contribution in [3.05, 3.63) is 24.5 Å². The number of nitrogens with zero attached hydrogens (tertiary/aromatic N) is 2. The molecule has 1 heterocycles. The second kappa shape index (κ2) is 3.17. The molecule has 0 atom stereocenters. The van der Waals surface area contributed by atoms with Gasteiger partial charge in [-0.1, -0.05) is 6.58 Å².